The molecule has 0 amide bonds. The molecule has 1 aliphatic rings. The molecule has 5 heteroatoms. The van der Waals surface area contributed by atoms with Gasteiger partial charge in [-0.1, -0.05) is 24.2 Å². The van der Waals surface area contributed by atoms with Gasteiger partial charge in [-0.15, -0.1) is 5.10 Å². The molecule has 0 bridgehead atoms. The van der Waals surface area contributed by atoms with E-state index in [-0.39, 0.29) is 0 Å². The van der Waals surface area contributed by atoms with Crippen LogP contribution in [0.4, 0.5) is 11.7 Å². The van der Waals surface area contributed by atoms with Crippen molar-refractivity contribution >= 4 is 11.7 Å². The Morgan fingerprint density at radius 1 is 1.19 bits per heavy atom. The fourth-order valence-corrected chi connectivity index (χ4v) is 2.76. The molecule has 21 heavy (non-hydrogen) atoms. The highest BCUT2D eigenvalue weighted by atomic mass is 16.4. The van der Waals surface area contributed by atoms with E-state index in [9.17, 15) is 0 Å². The number of anilines is 2. The van der Waals surface area contributed by atoms with Crippen molar-refractivity contribution in [3.63, 3.8) is 0 Å². The van der Waals surface area contributed by atoms with Crippen molar-refractivity contribution < 1.29 is 4.42 Å². The van der Waals surface area contributed by atoms with Crippen LogP contribution in [0.3, 0.4) is 0 Å². The summed E-state index contributed by atoms with van der Waals surface area (Å²) in [7, 11) is 0. The summed E-state index contributed by atoms with van der Waals surface area (Å²) >= 11 is 0. The summed E-state index contributed by atoms with van der Waals surface area (Å²) in [6.45, 7) is 3.71. The standard InChI is InChI=1S/C16H22N4O/c1-2-10-17-11-15-19-20-16(21-15)18-14-9-5-7-12-6-3-4-8-13(12)14/h5,7,9,17H,2-4,6,8,10-11H2,1H3,(H,18,20). The number of benzene rings is 1. The van der Waals surface area contributed by atoms with Crippen molar-refractivity contribution in [2.24, 2.45) is 0 Å². The molecule has 0 spiro atoms. The lowest BCUT2D eigenvalue weighted by Crippen LogP contribution is -2.13. The lowest BCUT2D eigenvalue weighted by Gasteiger charge is -2.18. The molecule has 112 valence electrons. The van der Waals surface area contributed by atoms with Crippen LogP contribution < -0.4 is 10.6 Å². The van der Waals surface area contributed by atoms with E-state index in [0.717, 1.165) is 25.1 Å². The molecule has 0 fully saturated rings. The second-order valence-corrected chi connectivity index (χ2v) is 5.45. The molecule has 3 rings (SSSR count). The number of hydrogen-bond acceptors (Lipinski definition) is 5. The van der Waals surface area contributed by atoms with Gasteiger partial charge >= 0.3 is 6.01 Å². The van der Waals surface area contributed by atoms with Gasteiger partial charge in [0.2, 0.25) is 5.89 Å². The molecule has 1 aromatic carbocycles. The number of aromatic nitrogens is 2. The molecule has 1 heterocycles. The predicted octanol–water partition coefficient (Wildman–Crippen LogP) is 3.19. The van der Waals surface area contributed by atoms with Gasteiger partial charge in [0.1, 0.15) is 0 Å². The zero-order valence-corrected chi connectivity index (χ0v) is 12.5. The van der Waals surface area contributed by atoms with Crippen LogP contribution in [-0.4, -0.2) is 16.7 Å². The largest absolute Gasteiger partial charge is 0.406 e. The first kappa shape index (κ1) is 14.1. The Kier molecular flexibility index (Phi) is 4.50. The van der Waals surface area contributed by atoms with E-state index in [1.54, 1.807) is 0 Å². The zero-order valence-electron chi connectivity index (χ0n) is 12.5. The monoisotopic (exact) mass is 286 g/mol. The maximum absolute atomic E-state index is 5.63. The Hall–Kier alpha value is -1.88. The molecule has 0 radical (unpaired) electrons. The second-order valence-electron chi connectivity index (χ2n) is 5.45. The van der Waals surface area contributed by atoms with Crippen LogP contribution in [-0.2, 0) is 19.4 Å². The van der Waals surface area contributed by atoms with Gasteiger partial charge in [0, 0.05) is 5.69 Å². The quantitative estimate of drug-likeness (QED) is 0.798. The maximum atomic E-state index is 5.63. The average molecular weight is 286 g/mol. The van der Waals surface area contributed by atoms with E-state index in [1.165, 1.54) is 30.4 Å². The highest BCUT2D eigenvalue weighted by molar-refractivity contribution is 5.60. The molecule has 0 aliphatic heterocycles. The number of nitrogens with zero attached hydrogens (tertiary/aromatic N) is 2. The van der Waals surface area contributed by atoms with Crippen molar-refractivity contribution in [1.29, 1.82) is 0 Å². The lowest BCUT2D eigenvalue weighted by molar-refractivity contribution is 0.479. The predicted molar refractivity (Wildman–Crippen MR) is 82.7 cm³/mol. The lowest BCUT2D eigenvalue weighted by atomic mass is 9.90. The minimum atomic E-state index is 0.474. The minimum Gasteiger partial charge on any atom is -0.406 e. The van der Waals surface area contributed by atoms with Crippen molar-refractivity contribution in [1.82, 2.24) is 15.5 Å². The molecule has 0 unspecified atom stereocenters. The zero-order chi connectivity index (χ0) is 14.5. The van der Waals surface area contributed by atoms with E-state index >= 15 is 0 Å². The van der Waals surface area contributed by atoms with Gasteiger partial charge in [-0.3, -0.25) is 0 Å². The van der Waals surface area contributed by atoms with Crippen molar-refractivity contribution in [3.05, 3.63) is 35.2 Å². The number of hydrogen-bond donors (Lipinski definition) is 2. The van der Waals surface area contributed by atoms with Crippen LogP contribution in [0.25, 0.3) is 0 Å². The summed E-state index contributed by atoms with van der Waals surface area (Å²) in [5.41, 5.74) is 3.94. The Balaban J connectivity index is 1.69. The first-order chi connectivity index (χ1) is 10.4. The smallest absolute Gasteiger partial charge is 0.320 e. The van der Waals surface area contributed by atoms with E-state index in [4.69, 9.17) is 4.42 Å². The van der Waals surface area contributed by atoms with Crippen LogP contribution in [0.1, 0.15) is 43.2 Å². The molecule has 1 aliphatic carbocycles. The van der Waals surface area contributed by atoms with Crippen LogP contribution in [0.2, 0.25) is 0 Å². The molecular formula is C16H22N4O. The normalized spacial score (nSPS) is 14.0. The van der Waals surface area contributed by atoms with Crippen LogP contribution in [0.15, 0.2) is 22.6 Å². The second kappa shape index (κ2) is 6.72. The minimum absolute atomic E-state index is 0.474. The van der Waals surface area contributed by atoms with Gasteiger partial charge in [0.05, 0.1) is 6.54 Å². The number of fused-ring (bicyclic) bond motifs is 1. The SMILES string of the molecule is CCCNCc1nnc(Nc2cccc3c2CCCC3)o1. The maximum Gasteiger partial charge on any atom is 0.320 e. The van der Waals surface area contributed by atoms with Crippen LogP contribution >= 0.6 is 0 Å². The van der Waals surface area contributed by atoms with Crippen molar-refractivity contribution in [3.8, 4) is 0 Å². The van der Waals surface area contributed by atoms with Crippen molar-refractivity contribution in [2.45, 2.75) is 45.6 Å². The average Bonchev–Trinajstić information content (AvgIpc) is 2.96. The summed E-state index contributed by atoms with van der Waals surface area (Å²) in [6, 6.07) is 6.87. The Labute approximate surface area is 125 Å². The summed E-state index contributed by atoms with van der Waals surface area (Å²) in [6.07, 6.45) is 5.92. The fourth-order valence-electron chi connectivity index (χ4n) is 2.76. The summed E-state index contributed by atoms with van der Waals surface area (Å²) in [5, 5.41) is 14.7. The van der Waals surface area contributed by atoms with E-state index in [2.05, 4.69) is 46.0 Å². The molecule has 0 saturated heterocycles. The van der Waals surface area contributed by atoms with E-state index < -0.39 is 0 Å². The number of nitrogens with one attached hydrogen (secondary N) is 2. The molecule has 2 aromatic rings. The van der Waals surface area contributed by atoms with Crippen LogP contribution in [0, 0.1) is 0 Å². The first-order valence-corrected chi connectivity index (χ1v) is 7.77. The van der Waals surface area contributed by atoms with E-state index in [1.807, 2.05) is 0 Å². The summed E-state index contributed by atoms with van der Waals surface area (Å²) in [4.78, 5) is 0. The topological polar surface area (TPSA) is 63.0 Å². The van der Waals surface area contributed by atoms with Gasteiger partial charge in [-0.2, -0.15) is 0 Å². The fraction of sp³-hybridized carbons (Fsp3) is 0.500. The third kappa shape index (κ3) is 3.42. The molecule has 0 atom stereocenters. The highest BCUT2D eigenvalue weighted by Crippen LogP contribution is 2.29. The van der Waals surface area contributed by atoms with Gasteiger partial charge in [0.15, 0.2) is 0 Å². The summed E-state index contributed by atoms with van der Waals surface area (Å²) in [5.74, 6) is 0.621. The molecule has 1 aromatic heterocycles. The molecular weight excluding hydrogens is 264 g/mol. The van der Waals surface area contributed by atoms with Gasteiger partial charge in [0.25, 0.3) is 0 Å². The van der Waals surface area contributed by atoms with Gasteiger partial charge in [-0.05, 0) is 55.8 Å². The third-order valence-corrected chi connectivity index (χ3v) is 3.81. The van der Waals surface area contributed by atoms with Crippen molar-refractivity contribution in [2.75, 3.05) is 11.9 Å². The van der Waals surface area contributed by atoms with Gasteiger partial charge in [-0.25, -0.2) is 0 Å². The Morgan fingerprint density at radius 2 is 2.10 bits per heavy atom. The van der Waals surface area contributed by atoms with Gasteiger partial charge < -0.3 is 15.1 Å². The number of aryl methyl sites for hydroxylation is 1. The Bertz CT molecular complexity index is 594. The highest BCUT2D eigenvalue weighted by Gasteiger charge is 2.14. The Morgan fingerprint density at radius 3 is 3.00 bits per heavy atom. The molecule has 2 N–H and O–H groups in total. The molecule has 0 saturated carbocycles. The number of rotatable bonds is 6. The van der Waals surface area contributed by atoms with E-state index in [0.29, 0.717) is 18.5 Å². The third-order valence-electron chi connectivity index (χ3n) is 3.81. The van der Waals surface area contributed by atoms with Crippen LogP contribution in [0.5, 0.6) is 0 Å². The first-order valence-electron chi connectivity index (χ1n) is 7.77. The molecule has 5 nitrogen and oxygen atoms in total. The summed E-state index contributed by atoms with van der Waals surface area (Å²) < 4.78 is 5.63.